The molecule has 1 amide bonds. The molecular weight excluding hydrogens is 366 g/mol. The zero-order valence-electron chi connectivity index (χ0n) is 15.5. The van der Waals surface area contributed by atoms with Crippen LogP contribution in [0.15, 0.2) is 48.5 Å². The van der Waals surface area contributed by atoms with Gasteiger partial charge in [0.05, 0.1) is 25.2 Å². The first-order chi connectivity index (χ1) is 12.7. The van der Waals surface area contributed by atoms with E-state index in [-0.39, 0.29) is 18.2 Å². The Hall–Kier alpha value is -2.42. The summed E-state index contributed by atoms with van der Waals surface area (Å²) in [5.41, 5.74) is 13.8. The van der Waals surface area contributed by atoms with Crippen molar-refractivity contribution in [2.24, 2.45) is 11.5 Å². The molecule has 27 heavy (non-hydrogen) atoms. The van der Waals surface area contributed by atoms with Crippen molar-refractivity contribution in [3.63, 3.8) is 0 Å². The predicted molar refractivity (Wildman–Crippen MR) is 106 cm³/mol. The first-order valence-corrected chi connectivity index (χ1v) is 10.3. The van der Waals surface area contributed by atoms with Gasteiger partial charge in [0.2, 0.25) is 15.9 Å². The van der Waals surface area contributed by atoms with Crippen LogP contribution in [0.3, 0.4) is 0 Å². The quantitative estimate of drug-likeness (QED) is 0.668. The van der Waals surface area contributed by atoms with E-state index in [2.05, 4.69) is 0 Å². The van der Waals surface area contributed by atoms with Crippen molar-refractivity contribution in [1.29, 1.82) is 0 Å². The third kappa shape index (κ3) is 6.35. The number of ether oxygens (including phenoxy) is 1. The molecule has 1 unspecified atom stereocenters. The third-order valence-electron chi connectivity index (χ3n) is 4.06. The summed E-state index contributed by atoms with van der Waals surface area (Å²) in [5, 5.41) is 0. The normalized spacial score (nSPS) is 12.6. The number of hydrogen-bond acceptors (Lipinski definition) is 5. The lowest BCUT2D eigenvalue weighted by molar-refractivity contribution is 0.0997. The van der Waals surface area contributed by atoms with E-state index in [1.807, 2.05) is 30.3 Å². The molecule has 0 aromatic heterocycles. The molecule has 0 aliphatic carbocycles. The molecule has 2 aromatic rings. The monoisotopic (exact) mass is 391 g/mol. The molecule has 146 valence electrons. The highest BCUT2D eigenvalue weighted by Crippen LogP contribution is 2.21. The van der Waals surface area contributed by atoms with Gasteiger partial charge in [-0.25, -0.2) is 8.42 Å². The van der Waals surface area contributed by atoms with Gasteiger partial charge in [-0.15, -0.1) is 0 Å². The van der Waals surface area contributed by atoms with Gasteiger partial charge in [-0.1, -0.05) is 30.3 Å². The summed E-state index contributed by atoms with van der Waals surface area (Å²) >= 11 is 0. The van der Waals surface area contributed by atoms with E-state index in [1.54, 1.807) is 12.1 Å². The smallest absolute Gasteiger partial charge is 0.248 e. The summed E-state index contributed by atoms with van der Waals surface area (Å²) in [6.45, 7) is 0.515. The Morgan fingerprint density at radius 1 is 1.15 bits per heavy atom. The molecular formula is C19H25N3O4S. The van der Waals surface area contributed by atoms with E-state index in [4.69, 9.17) is 16.2 Å². The SMILES string of the molecule is CN(c1cc(COCC(N)Cc2ccccc2)cc(C(N)=O)c1)S(C)(=O)=O. The fourth-order valence-electron chi connectivity index (χ4n) is 2.58. The molecule has 0 aliphatic rings. The van der Waals surface area contributed by atoms with Crippen LogP contribution in [0, 0.1) is 0 Å². The van der Waals surface area contributed by atoms with Crippen LogP contribution in [0.1, 0.15) is 21.5 Å². The Balaban J connectivity index is 2.04. The number of carbonyl (C=O) groups is 1. The average Bonchev–Trinajstić information content (AvgIpc) is 2.60. The fraction of sp³-hybridized carbons (Fsp3) is 0.316. The highest BCUT2D eigenvalue weighted by atomic mass is 32.2. The zero-order valence-corrected chi connectivity index (χ0v) is 16.3. The maximum atomic E-state index is 11.8. The maximum absolute atomic E-state index is 11.8. The molecule has 0 fully saturated rings. The predicted octanol–water partition coefficient (Wildman–Crippen LogP) is 1.27. The minimum Gasteiger partial charge on any atom is -0.375 e. The summed E-state index contributed by atoms with van der Waals surface area (Å²) < 4.78 is 30.3. The lowest BCUT2D eigenvalue weighted by Crippen LogP contribution is -2.28. The van der Waals surface area contributed by atoms with Crippen LogP contribution < -0.4 is 15.8 Å². The van der Waals surface area contributed by atoms with Gasteiger partial charge < -0.3 is 16.2 Å². The number of nitrogens with zero attached hydrogens (tertiary/aromatic N) is 1. The van der Waals surface area contributed by atoms with Crippen molar-refractivity contribution in [3.8, 4) is 0 Å². The van der Waals surface area contributed by atoms with Crippen LogP contribution in [0.25, 0.3) is 0 Å². The van der Waals surface area contributed by atoms with Gasteiger partial charge in [-0.05, 0) is 35.7 Å². The van der Waals surface area contributed by atoms with Crippen LogP contribution in [0.4, 0.5) is 5.69 Å². The molecule has 2 rings (SSSR count). The number of rotatable bonds is 9. The molecule has 0 radical (unpaired) electrons. The van der Waals surface area contributed by atoms with E-state index in [9.17, 15) is 13.2 Å². The largest absolute Gasteiger partial charge is 0.375 e. The minimum absolute atomic E-state index is 0.176. The van der Waals surface area contributed by atoms with Crippen molar-refractivity contribution in [2.75, 3.05) is 24.2 Å². The van der Waals surface area contributed by atoms with E-state index in [0.717, 1.165) is 16.1 Å². The Labute approximate surface area is 160 Å². The first-order valence-electron chi connectivity index (χ1n) is 8.41. The van der Waals surface area contributed by atoms with Gasteiger partial charge in [0.25, 0.3) is 0 Å². The van der Waals surface area contributed by atoms with Crippen molar-refractivity contribution in [2.45, 2.75) is 19.1 Å². The molecule has 0 saturated carbocycles. The number of amides is 1. The number of carbonyl (C=O) groups excluding carboxylic acids is 1. The summed E-state index contributed by atoms with van der Waals surface area (Å²) in [5.74, 6) is -0.638. The lowest BCUT2D eigenvalue weighted by Gasteiger charge is -2.19. The molecule has 0 saturated heterocycles. The van der Waals surface area contributed by atoms with Gasteiger partial charge in [0.15, 0.2) is 0 Å². The number of sulfonamides is 1. The highest BCUT2D eigenvalue weighted by molar-refractivity contribution is 7.92. The zero-order chi connectivity index (χ0) is 20.0. The third-order valence-corrected chi connectivity index (χ3v) is 5.27. The van der Waals surface area contributed by atoms with Crippen molar-refractivity contribution < 1.29 is 17.9 Å². The molecule has 0 spiro atoms. The molecule has 7 nitrogen and oxygen atoms in total. The number of nitrogens with two attached hydrogens (primary N) is 2. The molecule has 4 N–H and O–H groups in total. The van der Waals surface area contributed by atoms with E-state index < -0.39 is 15.9 Å². The maximum Gasteiger partial charge on any atom is 0.248 e. The highest BCUT2D eigenvalue weighted by Gasteiger charge is 2.15. The number of anilines is 1. The van der Waals surface area contributed by atoms with Gasteiger partial charge in [-0.2, -0.15) is 0 Å². The van der Waals surface area contributed by atoms with Crippen LogP contribution >= 0.6 is 0 Å². The van der Waals surface area contributed by atoms with Gasteiger partial charge in [-0.3, -0.25) is 9.10 Å². The average molecular weight is 391 g/mol. The number of hydrogen-bond donors (Lipinski definition) is 2. The topological polar surface area (TPSA) is 116 Å². The molecule has 2 aromatic carbocycles. The Morgan fingerprint density at radius 3 is 2.41 bits per heavy atom. The second-order valence-electron chi connectivity index (χ2n) is 6.45. The second-order valence-corrected chi connectivity index (χ2v) is 8.46. The summed E-state index contributed by atoms with van der Waals surface area (Å²) in [4.78, 5) is 11.6. The summed E-state index contributed by atoms with van der Waals surface area (Å²) in [7, 11) is -2.05. The molecule has 0 aliphatic heterocycles. The first kappa shape index (κ1) is 20.9. The van der Waals surface area contributed by atoms with Gasteiger partial charge >= 0.3 is 0 Å². The van der Waals surface area contributed by atoms with Crippen LogP contribution in [-0.4, -0.2) is 40.3 Å². The van der Waals surface area contributed by atoms with E-state index in [0.29, 0.717) is 24.3 Å². The minimum atomic E-state index is -3.46. The van der Waals surface area contributed by atoms with Gasteiger partial charge in [0, 0.05) is 18.7 Å². The summed E-state index contributed by atoms with van der Waals surface area (Å²) in [6.07, 6.45) is 1.77. The van der Waals surface area contributed by atoms with E-state index >= 15 is 0 Å². The Bertz CT molecular complexity index is 885. The molecule has 8 heteroatoms. The molecule has 0 bridgehead atoms. The second kappa shape index (κ2) is 8.98. The lowest BCUT2D eigenvalue weighted by atomic mass is 10.1. The summed E-state index contributed by atoms with van der Waals surface area (Å²) in [6, 6.07) is 14.4. The van der Waals surface area contributed by atoms with E-state index in [1.165, 1.54) is 13.1 Å². The van der Waals surface area contributed by atoms with Crippen molar-refractivity contribution >= 4 is 21.6 Å². The Kier molecular flexibility index (Phi) is 6.95. The van der Waals surface area contributed by atoms with Crippen molar-refractivity contribution in [3.05, 3.63) is 65.2 Å². The van der Waals surface area contributed by atoms with Gasteiger partial charge in [0.1, 0.15) is 0 Å². The van der Waals surface area contributed by atoms with Crippen LogP contribution in [0.5, 0.6) is 0 Å². The number of benzene rings is 2. The van der Waals surface area contributed by atoms with Crippen LogP contribution in [-0.2, 0) is 27.8 Å². The number of primary amides is 1. The molecule has 0 heterocycles. The van der Waals surface area contributed by atoms with Crippen LogP contribution in [0.2, 0.25) is 0 Å². The standard InChI is InChI=1S/C19H25N3O4S/c1-22(27(2,24)25)18-10-15(8-16(11-18)19(21)23)12-26-13-17(20)9-14-6-4-3-5-7-14/h3-8,10-11,17H,9,12-13,20H2,1-2H3,(H2,21,23). The Morgan fingerprint density at radius 2 is 1.81 bits per heavy atom. The molecule has 1 atom stereocenters. The van der Waals surface area contributed by atoms with Crippen molar-refractivity contribution in [1.82, 2.24) is 0 Å². The fourth-order valence-corrected chi connectivity index (χ4v) is 3.07.